The Morgan fingerprint density at radius 3 is 2.67 bits per heavy atom. The Morgan fingerprint density at radius 2 is 1.89 bits per heavy atom. The van der Waals surface area contributed by atoms with Crippen LogP contribution >= 0.6 is 0 Å². The van der Waals surface area contributed by atoms with E-state index in [0.717, 1.165) is 55.0 Å². The van der Waals surface area contributed by atoms with E-state index in [1.165, 1.54) is 12.8 Å². The van der Waals surface area contributed by atoms with Gasteiger partial charge in [0.1, 0.15) is 12.1 Å². The van der Waals surface area contributed by atoms with Crippen LogP contribution in [0, 0.1) is 5.92 Å². The van der Waals surface area contributed by atoms with Gasteiger partial charge in [-0.3, -0.25) is 9.36 Å². The van der Waals surface area contributed by atoms with E-state index in [1.54, 1.807) is 29.5 Å². The monoisotopic (exact) mass is 362 g/mol. The van der Waals surface area contributed by atoms with Crippen molar-refractivity contribution in [2.75, 3.05) is 18.0 Å². The molecule has 2 aliphatic rings. The minimum Gasteiger partial charge on any atom is -0.356 e. The van der Waals surface area contributed by atoms with Crippen molar-refractivity contribution in [3.05, 3.63) is 53.1 Å². The normalized spacial score (nSPS) is 18.1. The molecule has 1 aliphatic heterocycles. The predicted octanol–water partition coefficient (Wildman–Crippen LogP) is 2.38. The van der Waals surface area contributed by atoms with Gasteiger partial charge in [-0.2, -0.15) is 0 Å². The van der Waals surface area contributed by atoms with Crippen molar-refractivity contribution in [1.29, 1.82) is 0 Å². The highest BCUT2D eigenvalue weighted by atomic mass is 16.1. The second-order valence-electron chi connectivity index (χ2n) is 7.58. The van der Waals surface area contributed by atoms with Gasteiger partial charge in [0, 0.05) is 37.8 Å². The van der Waals surface area contributed by atoms with Gasteiger partial charge in [0.05, 0.1) is 17.4 Å². The molecule has 1 saturated carbocycles. The Morgan fingerprint density at radius 1 is 1.04 bits per heavy atom. The van der Waals surface area contributed by atoms with Crippen LogP contribution in [0.1, 0.15) is 37.3 Å². The highest BCUT2D eigenvalue weighted by molar-refractivity contribution is 5.86. The fraction of sp³-hybridized carbons (Fsp3) is 0.450. The van der Waals surface area contributed by atoms with E-state index in [2.05, 4.69) is 24.8 Å². The number of hydrogen-bond donors (Lipinski definition) is 0. The topological polar surface area (TPSA) is 76.8 Å². The second kappa shape index (κ2) is 6.72. The lowest BCUT2D eigenvalue weighted by atomic mass is 9.96. The highest BCUT2D eigenvalue weighted by Gasteiger charge is 2.26. The molecule has 0 radical (unpaired) electrons. The molecule has 0 atom stereocenters. The van der Waals surface area contributed by atoms with Gasteiger partial charge in [0.15, 0.2) is 5.65 Å². The Balaban J connectivity index is 1.27. The van der Waals surface area contributed by atoms with Crippen LogP contribution in [-0.2, 0) is 6.54 Å². The summed E-state index contributed by atoms with van der Waals surface area (Å²) in [6.45, 7) is 2.60. The number of hydrogen-bond acceptors (Lipinski definition) is 6. The molecule has 1 aliphatic carbocycles. The molecule has 0 bridgehead atoms. The first-order valence-corrected chi connectivity index (χ1v) is 9.65. The molecule has 3 aromatic heterocycles. The Labute approximate surface area is 157 Å². The SMILES string of the molecule is O=c1cc(C2CC2)ncn1CC1CCN(c2ncnc3ncccc23)CC1. The zero-order valence-corrected chi connectivity index (χ0v) is 15.2. The summed E-state index contributed by atoms with van der Waals surface area (Å²) in [5, 5.41) is 0.995. The van der Waals surface area contributed by atoms with Crippen LogP contribution in [0.15, 0.2) is 41.8 Å². The van der Waals surface area contributed by atoms with Crippen LogP contribution < -0.4 is 10.5 Å². The summed E-state index contributed by atoms with van der Waals surface area (Å²) in [5.41, 5.74) is 1.79. The standard InChI is InChI=1S/C20H22N6O/c27-18-10-17(15-3-4-15)24-13-26(18)11-14-5-8-25(9-6-14)20-16-2-1-7-21-19(16)22-12-23-20/h1-2,7,10,12-15H,3-6,8-9,11H2. The van der Waals surface area contributed by atoms with Crippen LogP contribution in [0.2, 0.25) is 0 Å². The van der Waals surface area contributed by atoms with Gasteiger partial charge in [0.25, 0.3) is 5.56 Å². The third kappa shape index (κ3) is 3.29. The minimum absolute atomic E-state index is 0.0854. The Kier molecular flexibility index (Phi) is 4.07. The van der Waals surface area contributed by atoms with Gasteiger partial charge in [-0.15, -0.1) is 0 Å². The first kappa shape index (κ1) is 16.4. The zero-order valence-electron chi connectivity index (χ0n) is 15.2. The molecule has 0 spiro atoms. The first-order chi connectivity index (χ1) is 13.3. The van der Waals surface area contributed by atoms with E-state index in [4.69, 9.17) is 0 Å². The van der Waals surface area contributed by atoms with E-state index in [-0.39, 0.29) is 5.56 Å². The first-order valence-electron chi connectivity index (χ1n) is 9.65. The van der Waals surface area contributed by atoms with Crippen LogP contribution in [-0.4, -0.2) is 37.6 Å². The summed E-state index contributed by atoms with van der Waals surface area (Å²) < 4.78 is 1.77. The molecule has 138 valence electrons. The van der Waals surface area contributed by atoms with Gasteiger partial charge >= 0.3 is 0 Å². The van der Waals surface area contributed by atoms with E-state index in [0.29, 0.717) is 11.8 Å². The van der Waals surface area contributed by atoms with E-state index < -0.39 is 0 Å². The van der Waals surface area contributed by atoms with E-state index in [9.17, 15) is 4.79 Å². The smallest absolute Gasteiger partial charge is 0.253 e. The average Bonchev–Trinajstić information content (AvgIpc) is 3.55. The third-order valence-corrected chi connectivity index (χ3v) is 5.65. The molecule has 0 aromatic carbocycles. The van der Waals surface area contributed by atoms with Crippen molar-refractivity contribution in [3.8, 4) is 0 Å². The van der Waals surface area contributed by atoms with Crippen molar-refractivity contribution in [1.82, 2.24) is 24.5 Å². The molecule has 3 aromatic rings. The van der Waals surface area contributed by atoms with Gasteiger partial charge in [-0.05, 0) is 43.7 Å². The molecule has 0 amide bonds. The van der Waals surface area contributed by atoms with Crippen molar-refractivity contribution < 1.29 is 0 Å². The number of nitrogens with zero attached hydrogens (tertiary/aromatic N) is 6. The summed E-state index contributed by atoms with van der Waals surface area (Å²) in [5.74, 6) is 1.96. The molecule has 4 heterocycles. The van der Waals surface area contributed by atoms with Crippen LogP contribution in [0.3, 0.4) is 0 Å². The highest BCUT2D eigenvalue weighted by Crippen LogP contribution is 2.38. The predicted molar refractivity (Wildman–Crippen MR) is 103 cm³/mol. The molecular formula is C20H22N6O. The van der Waals surface area contributed by atoms with Crippen LogP contribution in [0.4, 0.5) is 5.82 Å². The quantitative estimate of drug-likeness (QED) is 0.709. The number of fused-ring (bicyclic) bond motifs is 1. The summed E-state index contributed by atoms with van der Waals surface area (Å²) in [7, 11) is 0. The average molecular weight is 362 g/mol. The fourth-order valence-electron chi connectivity index (χ4n) is 3.92. The molecule has 0 N–H and O–H groups in total. The summed E-state index contributed by atoms with van der Waals surface area (Å²) in [6.07, 6.45) is 9.48. The Hall–Kier alpha value is -2.83. The molecule has 27 heavy (non-hydrogen) atoms. The van der Waals surface area contributed by atoms with Crippen LogP contribution in [0.25, 0.3) is 11.0 Å². The van der Waals surface area contributed by atoms with Crippen LogP contribution in [0.5, 0.6) is 0 Å². The van der Waals surface area contributed by atoms with Crippen molar-refractivity contribution >= 4 is 16.9 Å². The van der Waals surface area contributed by atoms with Crippen molar-refractivity contribution in [2.45, 2.75) is 38.1 Å². The van der Waals surface area contributed by atoms with Gasteiger partial charge in [0.2, 0.25) is 0 Å². The zero-order chi connectivity index (χ0) is 18.2. The lowest BCUT2D eigenvalue weighted by Gasteiger charge is -2.33. The summed E-state index contributed by atoms with van der Waals surface area (Å²) >= 11 is 0. The number of pyridine rings is 1. The number of aromatic nitrogens is 5. The van der Waals surface area contributed by atoms with Gasteiger partial charge in [-0.25, -0.2) is 19.9 Å². The molecule has 5 rings (SSSR count). The largest absolute Gasteiger partial charge is 0.356 e. The van der Waals surface area contributed by atoms with Crippen molar-refractivity contribution in [2.24, 2.45) is 5.92 Å². The third-order valence-electron chi connectivity index (χ3n) is 5.65. The maximum absolute atomic E-state index is 12.4. The number of rotatable bonds is 4. The van der Waals surface area contributed by atoms with E-state index >= 15 is 0 Å². The lowest BCUT2D eigenvalue weighted by molar-refractivity contribution is 0.350. The molecule has 7 heteroatoms. The maximum atomic E-state index is 12.4. The lowest BCUT2D eigenvalue weighted by Crippen LogP contribution is -2.37. The molecule has 7 nitrogen and oxygen atoms in total. The maximum Gasteiger partial charge on any atom is 0.253 e. The molecule has 1 saturated heterocycles. The summed E-state index contributed by atoms with van der Waals surface area (Å²) in [4.78, 5) is 32.2. The second-order valence-corrected chi connectivity index (χ2v) is 7.58. The van der Waals surface area contributed by atoms with Gasteiger partial charge in [-0.1, -0.05) is 0 Å². The fourth-order valence-corrected chi connectivity index (χ4v) is 3.92. The molecular weight excluding hydrogens is 340 g/mol. The van der Waals surface area contributed by atoms with Crippen molar-refractivity contribution in [3.63, 3.8) is 0 Å². The molecule has 0 unspecified atom stereocenters. The van der Waals surface area contributed by atoms with Gasteiger partial charge < -0.3 is 4.90 Å². The Bertz CT molecular complexity index is 1010. The number of anilines is 1. The minimum atomic E-state index is 0.0854. The number of piperidine rings is 1. The van der Waals surface area contributed by atoms with E-state index in [1.807, 2.05) is 12.1 Å². The molecule has 2 fully saturated rings. The summed E-state index contributed by atoms with van der Waals surface area (Å²) in [6, 6.07) is 5.68.